The van der Waals surface area contributed by atoms with E-state index in [0.29, 0.717) is 31.9 Å². The van der Waals surface area contributed by atoms with Gasteiger partial charge in [0.2, 0.25) is 5.79 Å². The van der Waals surface area contributed by atoms with Crippen LogP contribution >= 0.6 is 11.6 Å². The standard InChI is InChI=1S/C21H26ClNO5/c1-25-14-3-2-13-12-15-20(24)4-5-21(26-10-11-27-21)18-19(20,16(13)17(14)28-18)6-8-23(15)9-7-22/h2-3,15,18,24H,4-12H2,1H3/t15-,18?,19+,20-/m1/s1. The molecule has 5 aliphatic rings. The fourth-order valence-corrected chi connectivity index (χ4v) is 7.10. The predicted molar refractivity (Wildman–Crippen MR) is 102 cm³/mol. The van der Waals surface area contributed by atoms with E-state index in [0.717, 1.165) is 43.0 Å². The van der Waals surface area contributed by atoms with E-state index >= 15 is 0 Å². The molecule has 7 heteroatoms. The molecule has 0 aromatic heterocycles. The van der Waals surface area contributed by atoms with Crippen LogP contribution in [0.4, 0.5) is 0 Å². The normalized spacial score (nSPS) is 39.7. The minimum absolute atomic E-state index is 0.0247. The molecule has 4 atom stereocenters. The molecule has 6 nitrogen and oxygen atoms in total. The van der Waals surface area contributed by atoms with E-state index in [1.165, 1.54) is 5.56 Å². The van der Waals surface area contributed by atoms with Gasteiger partial charge in [-0.15, -0.1) is 11.6 Å². The van der Waals surface area contributed by atoms with Crippen molar-refractivity contribution < 1.29 is 24.1 Å². The molecule has 3 fully saturated rings. The lowest BCUT2D eigenvalue weighted by Gasteiger charge is -2.65. The van der Waals surface area contributed by atoms with Gasteiger partial charge in [-0.2, -0.15) is 0 Å². The topological polar surface area (TPSA) is 60.4 Å². The number of fused-ring (bicyclic) bond motifs is 1. The van der Waals surface area contributed by atoms with E-state index in [2.05, 4.69) is 11.0 Å². The van der Waals surface area contributed by atoms with Crippen LogP contribution in [0.1, 0.15) is 30.4 Å². The average molecular weight is 408 g/mol. The molecule has 3 heterocycles. The summed E-state index contributed by atoms with van der Waals surface area (Å²) in [5, 5.41) is 12.3. The Morgan fingerprint density at radius 3 is 2.82 bits per heavy atom. The molecule has 1 aromatic carbocycles. The molecule has 2 bridgehead atoms. The van der Waals surface area contributed by atoms with E-state index in [1.807, 2.05) is 6.07 Å². The van der Waals surface area contributed by atoms with Crippen molar-refractivity contribution in [2.24, 2.45) is 0 Å². The summed E-state index contributed by atoms with van der Waals surface area (Å²) in [6.07, 6.45) is 2.49. The van der Waals surface area contributed by atoms with Crippen LogP contribution in [0, 0.1) is 0 Å². The van der Waals surface area contributed by atoms with Crippen molar-refractivity contribution in [2.45, 2.75) is 54.6 Å². The molecule has 0 amide bonds. The largest absolute Gasteiger partial charge is 0.493 e. The zero-order valence-corrected chi connectivity index (χ0v) is 16.8. The Morgan fingerprint density at radius 1 is 1.25 bits per heavy atom. The summed E-state index contributed by atoms with van der Waals surface area (Å²) in [6.45, 7) is 2.80. The molecule has 1 unspecified atom stereocenters. The number of rotatable bonds is 3. The highest BCUT2D eigenvalue weighted by Gasteiger charge is 2.77. The molecule has 1 saturated carbocycles. The SMILES string of the molecule is COc1ccc2c3c1OC1C4(CC[C@@]5(O)[C@@H](C2)N(CCCl)CC[C@]315)OCCO4. The molecule has 3 aliphatic heterocycles. The summed E-state index contributed by atoms with van der Waals surface area (Å²) in [4.78, 5) is 2.37. The summed E-state index contributed by atoms with van der Waals surface area (Å²) < 4.78 is 24.6. The maximum atomic E-state index is 12.3. The number of alkyl halides is 1. The summed E-state index contributed by atoms with van der Waals surface area (Å²) in [7, 11) is 1.67. The average Bonchev–Trinajstić information content (AvgIpc) is 3.30. The van der Waals surface area contributed by atoms with Crippen LogP contribution in [0.2, 0.25) is 0 Å². The second kappa shape index (κ2) is 5.76. The first kappa shape index (κ1) is 17.8. The second-order valence-electron chi connectivity index (χ2n) is 8.73. The van der Waals surface area contributed by atoms with E-state index < -0.39 is 16.8 Å². The molecule has 6 rings (SSSR count). The maximum Gasteiger partial charge on any atom is 0.207 e. The van der Waals surface area contributed by atoms with Crippen LogP contribution in [0.15, 0.2) is 12.1 Å². The minimum atomic E-state index is -0.896. The number of aliphatic hydroxyl groups is 1. The van der Waals surface area contributed by atoms with Crippen LogP contribution in [0.3, 0.4) is 0 Å². The van der Waals surface area contributed by atoms with Crippen molar-refractivity contribution in [2.75, 3.05) is 39.3 Å². The summed E-state index contributed by atoms with van der Waals surface area (Å²) in [5.41, 5.74) is 0.926. The van der Waals surface area contributed by atoms with Crippen LogP contribution in [-0.2, 0) is 21.3 Å². The summed E-state index contributed by atoms with van der Waals surface area (Å²) in [5.74, 6) is 1.27. The van der Waals surface area contributed by atoms with E-state index in [1.54, 1.807) is 7.11 Å². The van der Waals surface area contributed by atoms with Crippen molar-refractivity contribution in [3.05, 3.63) is 23.3 Å². The maximum absolute atomic E-state index is 12.3. The van der Waals surface area contributed by atoms with Gasteiger partial charge in [0, 0.05) is 30.5 Å². The molecule has 1 aromatic rings. The third-order valence-corrected chi connectivity index (χ3v) is 8.10. The van der Waals surface area contributed by atoms with E-state index in [4.69, 9.17) is 30.5 Å². The van der Waals surface area contributed by atoms with Crippen LogP contribution in [0.25, 0.3) is 0 Å². The van der Waals surface area contributed by atoms with Crippen molar-refractivity contribution in [1.29, 1.82) is 0 Å². The molecule has 152 valence electrons. The highest BCUT2D eigenvalue weighted by molar-refractivity contribution is 6.18. The number of hydrogen-bond donors (Lipinski definition) is 1. The number of nitrogens with zero attached hydrogens (tertiary/aromatic N) is 1. The summed E-state index contributed by atoms with van der Waals surface area (Å²) in [6, 6.07) is 4.15. The molecule has 1 N–H and O–H groups in total. The lowest BCUT2D eigenvalue weighted by Crippen LogP contribution is -2.79. The van der Waals surface area contributed by atoms with Crippen molar-refractivity contribution in [3.8, 4) is 11.5 Å². The van der Waals surface area contributed by atoms with Crippen LogP contribution < -0.4 is 9.47 Å². The number of likely N-dealkylation sites (tertiary alicyclic amines) is 1. The number of halogens is 1. The zero-order chi connectivity index (χ0) is 19.1. The van der Waals surface area contributed by atoms with Gasteiger partial charge in [0.15, 0.2) is 17.6 Å². The Labute approximate surface area is 169 Å². The lowest BCUT2D eigenvalue weighted by atomic mass is 9.48. The Morgan fingerprint density at radius 2 is 2.07 bits per heavy atom. The highest BCUT2D eigenvalue weighted by Crippen LogP contribution is 2.68. The molecule has 2 spiro atoms. The first-order valence-corrected chi connectivity index (χ1v) is 10.8. The van der Waals surface area contributed by atoms with Gasteiger partial charge < -0.3 is 24.1 Å². The smallest absolute Gasteiger partial charge is 0.207 e. The Balaban J connectivity index is 1.60. The van der Waals surface area contributed by atoms with Crippen LogP contribution in [-0.4, -0.2) is 72.8 Å². The fourth-order valence-electron chi connectivity index (χ4n) is 6.88. The van der Waals surface area contributed by atoms with Gasteiger partial charge >= 0.3 is 0 Å². The van der Waals surface area contributed by atoms with Crippen molar-refractivity contribution >= 4 is 11.6 Å². The quantitative estimate of drug-likeness (QED) is 0.771. The first-order chi connectivity index (χ1) is 13.6. The number of hydrogen-bond acceptors (Lipinski definition) is 6. The lowest BCUT2D eigenvalue weighted by molar-refractivity contribution is -0.296. The van der Waals surface area contributed by atoms with E-state index in [-0.39, 0.29) is 12.1 Å². The number of piperidine rings is 1. The van der Waals surface area contributed by atoms with Gasteiger partial charge in [0.25, 0.3) is 0 Å². The summed E-state index contributed by atoms with van der Waals surface area (Å²) >= 11 is 6.10. The molecule has 2 saturated heterocycles. The van der Waals surface area contributed by atoms with Gasteiger partial charge in [0.05, 0.1) is 31.3 Å². The van der Waals surface area contributed by atoms with Gasteiger partial charge in [0.1, 0.15) is 0 Å². The monoisotopic (exact) mass is 407 g/mol. The van der Waals surface area contributed by atoms with Crippen molar-refractivity contribution in [1.82, 2.24) is 4.90 Å². The number of ether oxygens (including phenoxy) is 4. The first-order valence-electron chi connectivity index (χ1n) is 10.3. The van der Waals surface area contributed by atoms with Crippen molar-refractivity contribution in [3.63, 3.8) is 0 Å². The minimum Gasteiger partial charge on any atom is -0.493 e. The molecule has 2 aliphatic carbocycles. The third kappa shape index (κ3) is 1.85. The Hall–Kier alpha value is -1.05. The predicted octanol–water partition coefficient (Wildman–Crippen LogP) is 1.83. The van der Waals surface area contributed by atoms with Gasteiger partial charge in [-0.05, 0) is 37.4 Å². The van der Waals surface area contributed by atoms with E-state index in [9.17, 15) is 5.11 Å². The molecular formula is C21H26ClNO5. The Kier molecular flexibility index (Phi) is 3.66. The fraction of sp³-hybridized carbons (Fsp3) is 0.714. The molecule has 0 radical (unpaired) electrons. The Bertz CT molecular complexity index is 827. The highest BCUT2D eigenvalue weighted by atomic mass is 35.5. The molecular weight excluding hydrogens is 382 g/mol. The zero-order valence-electron chi connectivity index (χ0n) is 16.1. The number of methoxy groups -OCH3 is 1. The van der Waals surface area contributed by atoms with Gasteiger partial charge in [-0.3, -0.25) is 4.90 Å². The third-order valence-electron chi connectivity index (χ3n) is 7.93. The van der Waals surface area contributed by atoms with Gasteiger partial charge in [-0.1, -0.05) is 6.07 Å². The second-order valence-corrected chi connectivity index (χ2v) is 9.11. The van der Waals surface area contributed by atoms with Crippen LogP contribution in [0.5, 0.6) is 11.5 Å². The molecule has 28 heavy (non-hydrogen) atoms. The van der Waals surface area contributed by atoms with Gasteiger partial charge in [-0.25, -0.2) is 0 Å². The number of benzene rings is 1.